The number of hydrazine groups is 1. The van der Waals surface area contributed by atoms with Gasteiger partial charge in [-0.2, -0.15) is 0 Å². The van der Waals surface area contributed by atoms with Crippen LogP contribution in [0.3, 0.4) is 0 Å². The van der Waals surface area contributed by atoms with E-state index in [0.29, 0.717) is 0 Å². The van der Waals surface area contributed by atoms with Gasteiger partial charge in [-0.15, -0.1) is 0 Å². The number of nitrogens with two attached hydrogens (primary N) is 1. The number of rotatable bonds is 1. The van der Waals surface area contributed by atoms with Crippen molar-refractivity contribution in [3.05, 3.63) is 22.5 Å². The Morgan fingerprint density at radius 1 is 1.67 bits per heavy atom. The lowest BCUT2D eigenvalue weighted by atomic mass is 10.4. The van der Waals surface area contributed by atoms with Gasteiger partial charge in [0.25, 0.3) is 0 Å². The van der Waals surface area contributed by atoms with Gasteiger partial charge < -0.3 is 10.7 Å². The lowest BCUT2D eigenvalue weighted by Crippen LogP contribution is -2.33. The second-order valence-corrected chi connectivity index (χ2v) is 2.71. The van der Waals surface area contributed by atoms with Gasteiger partial charge in [-0.3, -0.25) is 0 Å². The summed E-state index contributed by atoms with van der Waals surface area (Å²) in [6.45, 7) is 0.802. The van der Waals surface area contributed by atoms with Crippen LogP contribution in [-0.4, -0.2) is 6.54 Å². The topological polar surface area (TPSA) is 50.1 Å². The maximum Gasteiger partial charge on any atom is 0.113 e. The van der Waals surface area contributed by atoms with Crippen molar-refractivity contribution < 1.29 is 0 Å². The van der Waals surface area contributed by atoms with Crippen LogP contribution >= 0.6 is 15.9 Å². The molecule has 0 atom stereocenters. The zero-order chi connectivity index (χ0) is 6.69. The van der Waals surface area contributed by atoms with Crippen LogP contribution in [0.25, 0.3) is 0 Å². The molecule has 50 valence electrons. The highest BCUT2D eigenvalue weighted by Gasteiger charge is 1.98. The molecule has 0 amide bonds. The van der Waals surface area contributed by atoms with Gasteiger partial charge >= 0.3 is 0 Å². The van der Waals surface area contributed by atoms with Gasteiger partial charge in [0.2, 0.25) is 0 Å². The summed E-state index contributed by atoms with van der Waals surface area (Å²) in [6.07, 6.45) is 3.82. The minimum atomic E-state index is 0.802. The summed E-state index contributed by atoms with van der Waals surface area (Å²) in [4.78, 5) is 0. The third kappa shape index (κ3) is 1.73. The van der Waals surface area contributed by atoms with E-state index in [4.69, 9.17) is 5.84 Å². The molecule has 0 saturated heterocycles. The van der Waals surface area contributed by atoms with Crippen molar-refractivity contribution >= 4 is 15.9 Å². The van der Waals surface area contributed by atoms with E-state index < -0.39 is 0 Å². The predicted octanol–water partition coefficient (Wildman–Crippen LogP) is 0.173. The van der Waals surface area contributed by atoms with Gasteiger partial charge in [0.1, 0.15) is 5.82 Å². The highest BCUT2D eigenvalue weighted by molar-refractivity contribution is 9.11. The van der Waals surface area contributed by atoms with E-state index in [1.807, 2.05) is 12.2 Å². The van der Waals surface area contributed by atoms with Crippen LogP contribution in [0.1, 0.15) is 0 Å². The molecule has 0 unspecified atom stereocenters. The smallest absolute Gasteiger partial charge is 0.113 e. The summed E-state index contributed by atoms with van der Waals surface area (Å²) < 4.78 is 1.13. The maximum atomic E-state index is 5.12. The lowest BCUT2D eigenvalue weighted by molar-refractivity contribution is 0.739. The number of dihydropyridines is 1. The number of nitrogens with one attached hydrogen (secondary N) is 2. The van der Waals surface area contributed by atoms with Crippen molar-refractivity contribution in [2.45, 2.75) is 0 Å². The molecule has 1 rings (SSSR count). The third-order valence-corrected chi connectivity index (χ3v) is 1.58. The molecule has 4 heteroatoms. The molecule has 0 aliphatic carbocycles. The molecule has 0 spiro atoms. The molecule has 0 aromatic heterocycles. The van der Waals surface area contributed by atoms with Crippen LogP contribution < -0.4 is 16.6 Å². The molecule has 0 saturated carbocycles. The average molecular weight is 190 g/mol. The zero-order valence-electron chi connectivity index (χ0n) is 4.82. The van der Waals surface area contributed by atoms with Crippen molar-refractivity contribution in [1.82, 2.24) is 10.7 Å². The molecule has 9 heavy (non-hydrogen) atoms. The SMILES string of the molecule is NNC1=CC=C(Br)CN1. The molecular weight excluding hydrogens is 182 g/mol. The predicted molar refractivity (Wildman–Crippen MR) is 40.4 cm³/mol. The number of hydrogen-bond acceptors (Lipinski definition) is 3. The summed E-state index contributed by atoms with van der Waals surface area (Å²) in [5.41, 5.74) is 2.51. The normalized spacial score (nSPS) is 17.6. The highest BCUT2D eigenvalue weighted by atomic mass is 79.9. The number of hydrogen-bond donors (Lipinski definition) is 3. The Bertz CT molecular complexity index is 162. The average Bonchev–Trinajstić information content (AvgIpc) is 1.90. The number of allylic oxidation sites excluding steroid dienone is 2. The fourth-order valence-corrected chi connectivity index (χ4v) is 0.843. The van der Waals surface area contributed by atoms with Crippen LogP contribution in [0.2, 0.25) is 0 Å². The Morgan fingerprint density at radius 3 is 2.89 bits per heavy atom. The molecule has 1 aliphatic rings. The van der Waals surface area contributed by atoms with Gasteiger partial charge in [0, 0.05) is 11.0 Å². The molecule has 4 N–H and O–H groups in total. The van der Waals surface area contributed by atoms with Gasteiger partial charge in [0.05, 0.1) is 0 Å². The second kappa shape index (κ2) is 2.89. The first-order valence-electron chi connectivity index (χ1n) is 2.60. The quantitative estimate of drug-likeness (QED) is 0.408. The van der Waals surface area contributed by atoms with E-state index in [1.54, 1.807) is 0 Å². The molecule has 0 aromatic rings. The summed E-state index contributed by atoms with van der Waals surface area (Å²) in [7, 11) is 0. The molecular formula is C5H8BrN3. The molecule has 0 fully saturated rings. The first-order chi connectivity index (χ1) is 4.33. The fraction of sp³-hybridized carbons (Fsp3) is 0.200. The highest BCUT2D eigenvalue weighted by Crippen LogP contribution is 2.07. The van der Waals surface area contributed by atoms with Crippen molar-refractivity contribution in [3.8, 4) is 0 Å². The van der Waals surface area contributed by atoms with Crippen LogP contribution in [0.4, 0.5) is 0 Å². The second-order valence-electron chi connectivity index (χ2n) is 1.69. The Kier molecular flexibility index (Phi) is 2.13. The Morgan fingerprint density at radius 2 is 2.44 bits per heavy atom. The zero-order valence-corrected chi connectivity index (χ0v) is 6.40. The minimum absolute atomic E-state index is 0.802. The van der Waals surface area contributed by atoms with Gasteiger partial charge in [-0.25, -0.2) is 5.84 Å². The Balaban J connectivity index is 2.59. The van der Waals surface area contributed by atoms with Crippen LogP contribution in [0.5, 0.6) is 0 Å². The summed E-state index contributed by atoms with van der Waals surface area (Å²) in [6, 6.07) is 0. The first-order valence-corrected chi connectivity index (χ1v) is 3.39. The van der Waals surface area contributed by atoms with E-state index in [-0.39, 0.29) is 0 Å². The van der Waals surface area contributed by atoms with E-state index in [1.165, 1.54) is 0 Å². The fourth-order valence-electron chi connectivity index (χ4n) is 0.570. The first kappa shape index (κ1) is 6.64. The molecule has 3 nitrogen and oxygen atoms in total. The van der Waals surface area contributed by atoms with E-state index >= 15 is 0 Å². The molecule has 1 aliphatic heterocycles. The van der Waals surface area contributed by atoms with E-state index in [9.17, 15) is 0 Å². The van der Waals surface area contributed by atoms with Gasteiger partial charge in [-0.1, -0.05) is 15.9 Å². The van der Waals surface area contributed by atoms with E-state index in [2.05, 4.69) is 26.7 Å². The maximum absolute atomic E-state index is 5.12. The van der Waals surface area contributed by atoms with Crippen molar-refractivity contribution in [1.29, 1.82) is 0 Å². The Labute approximate surface area is 62.1 Å². The summed E-state index contributed by atoms with van der Waals surface area (Å²) >= 11 is 3.33. The third-order valence-electron chi connectivity index (χ3n) is 1.03. The van der Waals surface area contributed by atoms with E-state index in [0.717, 1.165) is 16.8 Å². The Hall–Kier alpha value is -0.480. The van der Waals surface area contributed by atoms with Crippen molar-refractivity contribution in [2.75, 3.05) is 6.54 Å². The monoisotopic (exact) mass is 189 g/mol. The molecule has 0 radical (unpaired) electrons. The number of halogens is 1. The standard InChI is InChI=1S/C5H8BrN3/c6-4-1-2-5(9-7)8-3-4/h1-2,8-9H,3,7H2. The summed E-state index contributed by atoms with van der Waals surface area (Å²) in [5.74, 6) is 5.97. The largest absolute Gasteiger partial charge is 0.366 e. The van der Waals surface area contributed by atoms with Crippen LogP contribution in [0.15, 0.2) is 22.5 Å². The van der Waals surface area contributed by atoms with Crippen molar-refractivity contribution in [3.63, 3.8) is 0 Å². The minimum Gasteiger partial charge on any atom is -0.366 e. The van der Waals surface area contributed by atoms with Crippen LogP contribution in [-0.2, 0) is 0 Å². The summed E-state index contributed by atoms with van der Waals surface area (Å²) in [5, 5.41) is 3.03. The molecule has 1 heterocycles. The molecule has 0 aromatic carbocycles. The lowest BCUT2D eigenvalue weighted by Gasteiger charge is -2.12. The van der Waals surface area contributed by atoms with Crippen LogP contribution in [0, 0.1) is 0 Å². The van der Waals surface area contributed by atoms with Gasteiger partial charge in [0.15, 0.2) is 0 Å². The molecule has 0 bridgehead atoms. The van der Waals surface area contributed by atoms with Crippen molar-refractivity contribution in [2.24, 2.45) is 5.84 Å². The van der Waals surface area contributed by atoms with Gasteiger partial charge in [-0.05, 0) is 12.2 Å².